The van der Waals surface area contributed by atoms with Crippen molar-refractivity contribution in [2.45, 2.75) is 29.9 Å². The minimum atomic E-state index is -3.95. The Kier molecular flexibility index (Phi) is 7.10. The van der Waals surface area contributed by atoms with E-state index in [-0.39, 0.29) is 27.2 Å². The Morgan fingerprint density at radius 3 is 2.54 bits per heavy atom. The molecule has 0 bridgehead atoms. The SMILES string of the molecule is Cc1ccc(N(C[C@H]2CCCS2)c2c(Nc3cccc(S(=O)(=O)N4CCN(C)CC4)c3O)c(=O)c2=O)o1. The number of thioether (sulfide) groups is 1. The number of benzene rings is 1. The number of sulfonamides is 1. The van der Waals surface area contributed by atoms with Crippen LogP contribution in [0.1, 0.15) is 18.6 Å². The van der Waals surface area contributed by atoms with Gasteiger partial charge in [-0.05, 0) is 50.8 Å². The first-order chi connectivity index (χ1) is 17.7. The normalized spacial score (nSPS) is 19.5. The molecule has 12 heteroatoms. The lowest BCUT2D eigenvalue weighted by atomic mass is 10.1. The molecule has 2 N–H and O–H groups in total. The number of aryl methyl sites for hydroxylation is 1. The number of para-hydroxylation sites is 1. The van der Waals surface area contributed by atoms with Crippen molar-refractivity contribution in [3.63, 3.8) is 0 Å². The predicted octanol–water partition coefficient (Wildman–Crippen LogP) is 2.60. The van der Waals surface area contributed by atoms with Gasteiger partial charge in [0.1, 0.15) is 22.0 Å². The largest absolute Gasteiger partial charge is 0.504 e. The summed E-state index contributed by atoms with van der Waals surface area (Å²) >= 11 is 1.82. The lowest BCUT2D eigenvalue weighted by molar-refractivity contribution is 0.222. The Morgan fingerprint density at radius 1 is 1.14 bits per heavy atom. The molecule has 2 saturated heterocycles. The molecule has 2 aromatic carbocycles. The fraction of sp³-hybridized carbons (Fsp3) is 0.440. The quantitative estimate of drug-likeness (QED) is 0.322. The lowest BCUT2D eigenvalue weighted by Gasteiger charge is -2.31. The van der Waals surface area contributed by atoms with Crippen molar-refractivity contribution in [1.82, 2.24) is 9.21 Å². The number of likely N-dealkylation sites (N-methyl/N-ethyl adjacent to an activating group) is 1. The van der Waals surface area contributed by atoms with Crippen LogP contribution in [0.3, 0.4) is 0 Å². The summed E-state index contributed by atoms with van der Waals surface area (Å²) in [5.74, 6) is 1.67. The van der Waals surface area contributed by atoms with Gasteiger partial charge in [-0.1, -0.05) is 6.07 Å². The first-order valence-corrected chi connectivity index (χ1v) is 14.7. The smallest absolute Gasteiger partial charge is 0.253 e. The number of nitrogens with one attached hydrogen (secondary N) is 1. The van der Waals surface area contributed by atoms with Crippen molar-refractivity contribution in [2.24, 2.45) is 0 Å². The van der Waals surface area contributed by atoms with Crippen LogP contribution in [-0.2, 0) is 10.0 Å². The second-order valence-electron chi connectivity index (χ2n) is 9.50. The van der Waals surface area contributed by atoms with Gasteiger partial charge in [0.2, 0.25) is 10.0 Å². The summed E-state index contributed by atoms with van der Waals surface area (Å²) in [6, 6.07) is 7.87. The minimum absolute atomic E-state index is 0.00601. The van der Waals surface area contributed by atoms with Crippen molar-refractivity contribution in [1.29, 1.82) is 0 Å². The third-order valence-electron chi connectivity index (χ3n) is 6.90. The summed E-state index contributed by atoms with van der Waals surface area (Å²) in [6.45, 7) is 4.10. The molecule has 0 unspecified atom stereocenters. The minimum Gasteiger partial charge on any atom is -0.504 e. The van der Waals surface area contributed by atoms with Gasteiger partial charge >= 0.3 is 0 Å². The van der Waals surface area contributed by atoms with E-state index >= 15 is 0 Å². The van der Waals surface area contributed by atoms with Crippen molar-refractivity contribution in [3.05, 3.63) is 56.5 Å². The average molecular weight is 547 g/mol. The molecule has 0 radical (unpaired) electrons. The number of rotatable bonds is 8. The Balaban J connectivity index is 1.47. The second-order valence-corrected chi connectivity index (χ2v) is 12.8. The van der Waals surface area contributed by atoms with Crippen LogP contribution in [-0.4, -0.2) is 73.5 Å². The molecule has 3 heterocycles. The second kappa shape index (κ2) is 10.2. The van der Waals surface area contributed by atoms with E-state index in [9.17, 15) is 23.1 Å². The number of hydrogen-bond donors (Lipinski definition) is 2. The molecule has 3 aromatic rings. The third kappa shape index (κ3) is 4.90. The van der Waals surface area contributed by atoms with Crippen molar-refractivity contribution >= 4 is 44.7 Å². The summed E-state index contributed by atoms with van der Waals surface area (Å²) in [7, 11) is -2.03. The Labute approximate surface area is 219 Å². The Bertz CT molecular complexity index is 1460. The van der Waals surface area contributed by atoms with Gasteiger partial charge in [-0.25, -0.2) is 8.42 Å². The number of furan rings is 1. The monoisotopic (exact) mass is 546 g/mol. The van der Waals surface area contributed by atoms with Crippen LogP contribution in [0.4, 0.5) is 22.9 Å². The van der Waals surface area contributed by atoms with Gasteiger partial charge in [-0.3, -0.25) is 9.59 Å². The van der Waals surface area contributed by atoms with Crippen LogP contribution < -0.4 is 21.1 Å². The summed E-state index contributed by atoms with van der Waals surface area (Å²) in [5, 5.41) is 14.1. The van der Waals surface area contributed by atoms with Crippen LogP contribution in [0.2, 0.25) is 0 Å². The topological polar surface area (TPSA) is 123 Å². The maximum absolute atomic E-state index is 13.3. The molecule has 2 aliphatic rings. The highest BCUT2D eigenvalue weighted by molar-refractivity contribution is 8.00. The van der Waals surface area contributed by atoms with Gasteiger partial charge in [-0.2, -0.15) is 16.1 Å². The first kappa shape index (κ1) is 25.8. The molecule has 0 saturated carbocycles. The third-order valence-corrected chi connectivity index (χ3v) is 10.2. The zero-order chi connectivity index (χ0) is 26.3. The first-order valence-electron chi connectivity index (χ1n) is 12.2. The van der Waals surface area contributed by atoms with Crippen LogP contribution in [0, 0.1) is 6.92 Å². The molecule has 2 aliphatic heterocycles. The van der Waals surface area contributed by atoms with Crippen LogP contribution in [0.5, 0.6) is 5.75 Å². The highest BCUT2D eigenvalue weighted by Crippen LogP contribution is 2.39. The zero-order valence-electron chi connectivity index (χ0n) is 20.8. The Morgan fingerprint density at radius 2 is 1.89 bits per heavy atom. The van der Waals surface area contributed by atoms with Gasteiger partial charge in [-0.15, -0.1) is 0 Å². The highest BCUT2D eigenvalue weighted by Gasteiger charge is 2.34. The van der Waals surface area contributed by atoms with Crippen molar-refractivity contribution in [3.8, 4) is 5.75 Å². The van der Waals surface area contributed by atoms with Gasteiger partial charge in [0.15, 0.2) is 11.6 Å². The molecule has 0 aliphatic carbocycles. The van der Waals surface area contributed by atoms with Gasteiger partial charge in [0.25, 0.3) is 10.9 Å². The molecular formula is C25H30N4O6S2. The maximum atomic E-state index is 13.3. The van der Waals surface area contributed by atoms with E-state index in [1.165, 1.54) is 22.5 Å². The molecule has 1 atom stereocenters. The van der Waals surface area contributed by atoms with E-state index in [0.717, 1.165) is 18.6 Å². The van der Waals surface area contributed by atoms with Gasteiger partial charge in [0.05, 0.1) is 5.69 Å². The van der Waals surface area contributed by atoms with E-state index < -0.39 is 26.6 Å². The molecule has 10 nitrogen and oxygen atoms in total. The number of hydrogen-bond acceptors (Lipinski definition) is 10. The van der Waals surface area contributed by atoms with Crippen molar-refractivity contribution in [2.75, 3.05) is 55.7 Å². The van der Waals surface area contributed by atoms with E-state index in [1.54, 1.807) is 24.0 Å². The van der Waals surface area contributed by atoms with Crippen molar-refractivity contribution < 1.29 is 17.9 Å². The summed E-state index contributed by atoms with van der Waals surface area (Å²) in [5.41, 5.74) is -1.19. The average Bonchev–Trinajstić information content (AvgIpc) is 3.55. The predicted molar refractivity (Wildman–Crippen MR) is 145 cm³/mol. The number of anilines is 4. The van der Waals surface area contributed by atoms with E-state index in [2.05, 4.69) is 5.32 Å². The lowest BCUT2D eigenvalue weighted by Crippen LogP contribution is -2.47. The fourth-order valence-corrected chi connectivity index (χ4v) is 7.52. The molecule has 5 rings (SSSR count). The molecule has 0 amide bonds. The van der Waals surface area contributed by atoms with E-state index in [1.807, 2.05) is 23.7 Å². The van der Waals surface area contributed by atoms with Gasteiger partial charge < -0.3 is 24.6 Å². The number of piperazine rings is 1. The maximum Gasteiger partial charge on any atom is 0.253 e. The van der Waals surface area contributed by atoms with Gasteiger partial charge in [0, 0.05) is 44.0 Å². The highest BCUT2D eigenvalue weighted by atomic mass is 32.2. The number of aromatic hydroxyl groups is 1. The standard InChI is InChI=1S/C25H30N4O6S2/c1-16-8-9-20(35-16)29(15-17-5-4-14-36-17)22-21(24(31)25(22)32)26-18-6-3-7-19(23(18)30)37(33,34)28-12-10-27(2)11-13-28/h3,6-9,17,26,30H,4-5,10-15H2,1-2H3/t17-/m1/s1. The molecule has 2 fully saturated rings. The summed E-state index contributed by atoms with van der Waals surface area (Å²) in [6.07, 6.45) is 2.08. The van der Waals surface area contributed by atoms with E-state index in [4.69, 9.17) is 4.42 Å². The van der Waals surface area contributed by atoms with Crippen LogP contribution in [0.25, 0.3) is 0 Å². The summed E-state index contributed by atoms with van der Waals surface area (Å²) < 4.78 is 33.7. The van der Waals surface area contributed by atoms with E-state index in [0.29, 0.717) is 44.4 Å². The summed E-state index contributed by atoms with van der Waals surface area (Å²) in [4.78, 5) is 29.0. The zero-order valence-corrected chi connectivity index (χ0v) is 22.4. The molecule has 37 heavy (non-hydrogen) atoms. The Hall–Kier alpha value is -2.80. The van der Waals surface area contributed by atoms with Crippen LogP contribution in [0.15, 0.2) is 49.2 Å². The molecular weight excluding hydrogens is 516 g/mol. The number of nitrogens with zero attached hydrogens (tertiary/aromatic N) is 3. The fourth-order valence-electron chi connectivity index (χ4n) is 4.74. The molecule has 198 valence electrons. The number of phenolic OH excluding ortho intramolecular Hbond substituents is 1. The van der Waals surface area contributed by atoms with Crippen LogP contribution >= 0.6 is 11.8 Å². The number of phenols is 1. The molecule has 1 aromatic heterocycles. The molecule has 0 spiro atoms.